The molecular formula is C11H17NO2. The van der Waals surface area contributed by atoms with Gasteiger partial charge in [-0.3, -0.25) is 4.98 Å². The van der Waals surface area contributed by atoms with Crippen LogP contribution in [0.5, 0.6) is 0 Å². The molecule has 0 aromatic carbocycles. The lowest BCUT2D eigenvalue weighted by molar-refractivity contribution is -0.118. The van der Waals surface area contributed by atoms with E-state index in [9.17, 15) is 10.2 Å². The van der Waals surface area contributed by atoms with Crippen LogP contribution in [0.15, 0.2) is 24.5 Å². The minimum atomic E-state index is -1.14. The molecule has 1 rings (SSSR count). The van der Waals surface area contributed by atoms with Crippen LogP contribution >= 0.6 is 0 Å². The molecule has 0 bridgehead atoms. The molecule has 3 nitrogen and oxygen atoms in total. The monoisotopic (exact) mass is 195 g/mol. The Morgan fingerprint density at radius 2 is 1.93 bits per heavy atom. The molecule has 0 radical (unpaired) electrons. The second-order valence-corrected chi connectivity index (χ2v) is 4.37. The summed E-state index contributed by atoms with van der Waals surface area (Å²) in [7, 11) is 0. The fourth-order valence-corrected chi connectivity index (χ4v) is 1.12. The van der Waals surface area contributed by atoms with Gasteiger partial charge in [0, 0.05) is 18.8 Å². The van der Waals surface area contributed by atoms with Gasteiger partial charge in [-0.05, 0) is 32.4 Å². The largest absolute Gasteiger partial charge is 0.387 e. The number of aliphatic hydroxyl groups is 2. The lowest BCUT2D eigenvalue weighted by Gasteiger charge is -2.35. The molecule has 3 heteroatoms. The summed E-state index contributed by atoms with van der Waals surface area (Å²) in [6.45, 7) is 4.83. The number of pyridine rings is 1. The molecule has 1 aromatic heterocycles. The van der Waals surface area contributed by atoms with Crippen molar-refractivity contribution in [1.29, 1.82) is 0 Å². The lowest BCUT2D eigenvalue weighted by atomic mass is 9.83. The molecule has 0 saturated carbocycles. The molecule has 0 amide bonds. The third-order valence-corrected chi connectivity index (χ3v) is 2.59. The average Bonchev–Trinajstić information content (AvgIpc) is 2.03. The van der Waals surface area contributed by atoms with Crippen LogP contribution in [-0.2, 0) is 6.42 Å². The maximum absolute atomic E-state index is 10.0. The molecule has 0 fully saturated rings. The zero-order valence-electron chi connectivity index (χ0n) is 8.86. The molecule has 2 N–H and O–H groups in total. The van der Waals surface area contributed by atoms with Gasteiger partial charge in [0.2, 0.25) is 0 Å². The molecule has 78 valence electrons. The highest BCUT2D eigenvalue weighted by Gasteiger charge is 2.37. The molecule has 1 atom stereocenters. The molecule has 0 saturated heterocycles. The van der Waals surface area contributed by atoms with Crippen molar-refractivity contribution in [3.8, 4) is 0 Å². The highest BCUT2D eigenvalue weighted by atomic mass is 16.3. The van der Waals surface area contributed by atoms with Crippen molar-refractivity contribution in [1.82, 2.24) is 4.98 Å². The quantitative estimate of drug-likeness (QED) is 0.760. The maximum Gasteiger partial charge on any atom is 0.0940 e. The highest BCUT2D eigenvalue weighted by Crippen LogP contribution is 2.25. The topological polar surface area (TPSA) is 53.4 Å². The van der Waals surface area contributed by atoms with Crippen LogP contribution in [0.3, 0.4) is 0 Å². The van der Waals surface area contributed by atoms with E-state index in [1.54, 1.807) is 33.2 Å². The molecule has 1 aromatic rings. The Balaban J connectivity index is 2.79. The number of rotatable bonds is 3. The molecule has 0 spiro atoms. The Labute approximate surface area is 84.4 Å². The van der Waals surface area contributed by atoms with Crippen molar-refractivity contribution in [2.75, 3.05) is 0 Å². The summed E-state index contributed by atoms with van der Waals surface area (Å²) in [6, 6.07) is 3.70. The van der Waals surface area contributed by atoms with Crippen LogP contribution in [0.1, 0.15) is 26.3 Å². The Morgan fingerprint density at radius 3 is 2.36 bits per heavy atom. The summed E-state index contributed by atoms with van der Waals surface area (Å²) in [4.78, 5) is 3.96. The van der Waals surface area contributed by atoms with Gasteiger partial charge in [0.25, 0.3) is 0 Å². The van der Waals surface area contributed by atoms with Crippen molar-refractivity contribution < 1.29 is 10.2 Å². The minimum absolute atomic E-state index is 0.393. The third-order valence-electron chi connectivity index (χ3n) is 2.59. The SMILES string of the molecule is CC(C)(O)C(C)(O)Cc1cccnc1. The van der Waals surface area contributed by atoms with E-state index in [4.69, 9.17) is 0 Å². The summed E-state index contributed by atoms with van der Waals surface area (Å²) in [5, 5.41) is 19.8. The molecule has 0 aliphatic heterocycles. The highest BCUT2D eigenvalue weighted by molar-refractivity contribution is 5.13. The third kappa shape index (κ3) is 2.53. The fraction of sp³-hybridized carbons (Fsp3) is 0.545. The molecule has 1 unspecified atom stereocenters. The molecule has 0 aliphatic carbocycles. The van der Waals surface area contributed by atoms with Crippen molar-refractivity contribution in [2.24, 2.45) is 0 Å². The van der Waals surface area contributed by atoms with Gasteiger partial charge < -0.3 is 10.2 Å². The zero-order valence-corrected chi connectivity index (χ0v) is 8.86. The van der Waals surface area contributed by atoms with E-state index in [2.05, 4.69) is 4.98 Å². The Morgan fingerprint density at radius 1 is 1.29 bits per heavy atom. The second kappa shape index (κ2) is 3.67. The number of aromatic nitrogens is 1. The normalized spacial score (nSPS) is 16.4. The van der Waals surface area contributed by atoms with Crippen LogP contribution in [0.25, 0.3) is 0 Å². The summed E-state index contributed by atoms with van der Waals surface area (Å²) in [5.74, 6) is 0. The van der Waals surface area contributed by atoms with Crippen LogP contribution in [0.4, 0.5) is 0 Å². The van der Waals surface area contributed by atoms with E-state index >= 15 is 0 Å². The number of hydrogen-bond acceptors (Lipinski definition) is 3. The van der Waals surface area contributed by atoms with Crippen LogP contribution in [0, 0.1) is 0 Å². The second-order valence-electron chi connectivity index (χ2n) is 4.37. The predicted molar refractivity (Wildman–Crippen MR) is 54.9 cm³/mol. The van der Waals surface area contributed by atoms with Crippen molar-refractivity contribution in [3.63, 3.8) is 0 Å². The molecular weight excluding hydrogens is 178 g/mol. The van der Waals surface area contributed by atoms with Gasteiger partial charge in [0.15, 0.2) is 0 Å². The van der Waals surface area contributed by atoms with Gasteiger partial charge in [-0.15, -0.1) is 0 Å². The predicted octanol–water partition coefficient (Wildman–Crippen LogP) is 1.15. The summed E-state index contributed by atoms with van der Waals surface area (Å²) >= 11 is 0. The molecule has 1 heterocycles. The van der Waals surface area contributed by atoms with Crippen molar-refractivity contribution >= 4 is 0 Å². The first-order valence-electron chi connectivity index (χ1n) is 4.66. The van der Waals surface area contributed by atoms with Gasteiger partial charge in [-0.1, -0.05) is 6.07 Å². The van der Waals surface area contributed by atoms with E-state index in [-0.39, 0.29) is 0 Å². The van der Waals surface area contributed by atoms with Crippen LogP contribution < -0.4 is 0 Å². The Bertz CT molecular complexity index is 288. The maximum atomic E-state index is 10.0. The fourth-order valence-electron chi connectivity index (χ4n) is 1.12. The Hall–Kier alpha value is -0.930. The van der Waals surface area contributed by atoms with Crippen LogP contribution in [-0.4, -0.2) is 26.4 Å². The minimum Gasteiger partial charge on any atom is -0.387 e. The van der Waals surface area contributed by atoms with Gasteiger partial charge in [-0.2, -0.15) is 0 Å². The van der Waals surface area contributed by atoms with E-state index < -0.39 is 11.2 Å². The zero-order chi connectivity index (χ0) is 10.8. The number of nitrogens with zero attached hydrogens (tertiary/aromatic N) is 1. The summed E-state index contributed by atoms with van der Waals surface area (Å²) < 4.78 is 0. The Kier molecular flexibility index (Phi) is 2.92. The van der Waals surface area contributed by atoms with E-state index in [0.29, 0.717) is 6.42 Å². The van der Waals surface area contributed by atoms with Gasteiger partial charge >= 0.3 is 0 Å². The first kappa shape index (κ1) is 11.1. The van der Waals surface area contributed by atoms with Crippen molar-refractivity contribution in [3.05, 3.63) is 30.1 Å². The van der Waals surface area contributed by atoms with Gasteiger partial charge in [-0.25, -0.2) is 0 Å². The standard InChI is InChI=1S/C11H17NO2/c1-10(2,13)11(3,14)7-9-5-4-6-12-8-9/h4-6,8,13-14H,7H2,1-3H3. The summed E-state index contributed by atoms with van der Waals surface area (Å²) in [6.07, 6.45) is 3.77. The van der Waals surface area contributed by atoms with Gasteiger partial charge in [0.1, 0.15) is 0 Å². The summed E-state index contributed by atoms with van der Waals surface area (Å²) in [5.41, 5.74) is -1.35. The van der Waals surface area contributed by atoms with Crippen molar-refractivity contribution in [2.45, 2.75) is 38.4 Å². The molecule has 0 aliphatic rings. The molecule has 14 heavy (non-hydrogen) atoms. The first-order chi connectivity index (χ1) is 6.33. The van der Waals surface area contributed by atoms with E-state index in [0.717, 1.165) is 5.56 Å². The van der Waals surface area contributed by atoms with E-state index in [1.165, 1.54) is 0 Å². The smallest absolute Gasteiger partial charge is 0.0940 e. The average molecular weight is 195 g/mol. The van der Waals surface area contributed by atoms with E-state index in [1.807, 2.05) is 12.1 Å². The lowest BCUT2D eigenvalue weighted by Crippen LogP contribution is -2.49. The van der Waals surface area contributed by atoms with Crippen LogP contribution in [0.2, 0.25) is 0 Å². The number of hydrogen-bond donors (Lipinski definition) is 2. The first-order valence-corrected chi connectivity index (χ1v) is 4.66. The van der Waals surface area contributed by atoms with Gasteiger partial charge in [0.05, 0.1) is 11.2 Å².